The van der Waals surface area contributed by atoms with Crippen molar-refractivity contribution in [1.82, 2.24) is 10.2 Å². The number of hydrogen-bond acceptors (Lipinski definition) is 4. The van der Waals surface area contributed by atoms with Gasteiger partial charge in [-0.1, -0.05) is 37.8 Å². The molecule has 2 rings (SSSR count). The number of nitrogens with one attached hydrogen (secondary N) is 1. The molecular formula is C15H26N2O2S2. The van der Waals surface area contributed by atoms with Crippen LogP contribution < -0.4 is 5.32 Å². The molecule has 0 radical (unpaired) electrons. The highest BCUT2D eigenvalue weighted by atomic mass is 32.2. The fourth-order valence-electron chi connectivity index (χ4n) is 2.70. The van der Waals surface area contributed by atoms with Crippen molar-refractivity contribution >= 4 is 34.2 Å². The van der Waals surface area contributed by atoms with Crippen molar-refractivity contribution in [3.63, 3.8) is 0 Å². The fourth-order valence-corrected chi connectivity index (χ4v) is 4.20. The number of carbonyl (C=O) groups is 1. The van der Waals surface area contributed by atoms with Gasteiger partial charge >= 0.3 is 0 Å². The third-order valence-electron chi connectivity index (χ3n) is 3.98. The molecule has 4 nitrogen and oxygen atoms in total. The molecule has 0 aliphatic carbocycles. The zero-order chi connectivity index (χ0) is 15.2. The van der Waals surface area contributed by atoms with Crippen molar-refractivity contribution in [2.24, 2.45) is 5.92 Å². The topological polar surface area (TPSA) is 41.6 Å². The number of thiocarbonyl (C=S) groups is 1. The second-order valence-electron chi connectivity index (χ2n) is 6.12. The standard InChI is InChI=1S/C15H26N2O2S2/c1-11(2)13(21-15(20)17-7-3-4-8-17)14(18)16-10-12-6-5-9-19-12/h11-13H,3-10H2,1-2H3,(H,16,18). The number of thioether (sulfide) groups is 1. The molecule has 2 atom stereocenters. The average Bonchev–Trinajstić information content (AvgIpc) is 3.13. The number of hydrogen-bond donors (Lipinski definition) is 1. The maximum atomic E-state index is 12.4. The number of amides is 1. The third-order valence-corrected chi connectivity index (χ3v) is 6.00. The highest BCUT2D eigenvalue weighted by Gasteiger charge is 2.28. The van der Waals surface area contributed by atoms with Crippen LogP contribution in [0.3, 0.4) is 0 Å². The van der Waals surface area contributed by atoms with E-state index in [1.54, 1.807) is 11.8 Å². The van der Waals surface area contributed by atoms with Crippen LogP contribution in [0.1, 0.15) is 39.5 Å². The summed E-state index contributed by atoms with van der Waals surface area (Å²) in [6, 6.07) is 0. The molecule has 2 fully saturated rings. The maximum Gasteiger partial charge on any atom is 0.233 e. The zero-order valence-electron chi connectivity index (χ0n) is 13.0. The van der Waals surface area contributed by atoms with Crippen LogP contribution in [-0.2, 0) is 9.53 Å². The summed E-state index contributed by atoms with van der Waals surface area (Å²) in [5.41, 5.74) is 0. The van der Waals surface area contributed by atoms with E-state index >= 15 is 0 Å². The van der Waals surface area contributed by atoms with Crippen molar-refractivity contribution in [1.29, 1.82) is 0 Å². The lowest BCUT2D eigenvalue weighted by atomic mass is 10.1. The molecule has 1 amide bonds. The summed E-state index contributed by atoms with van der Waals surface area (Å²) in [5, 5.41) is 2.93. The average molecular weight is 331 g/mol. The predicted molar refractivity (Wildman–Crippen MR) is 91.6 cm³/mol. The molecule has 2 saturated heterocycles. The molecule has 2 heterocycles. The summed E-state index contributed by atoms with van der Waals surface area (Å²) >= 11 is 7.05. The molecule has 1 N–H and O–H groups in total. The molecule has 2 aliphatic rings. The highest BCUT2D eigenvalue weighted by Crippen LogP contribution is 2.25. The third kappa shape index (κ3) is 5.11. The zero-order valence-corrected chi connectivity index (χ0v) is 14.6. The van der Waals surface area contributed by atoms with E-state index in [0.29, 0.717) is 6.54 Å². The maximum absolute atomic E-state index is 12.4. The van der Waals surface area contributed by atoms with E-state index in [0.717, 1.165) is 36.9 Å². The number of ether oxygens (including phenoxy) is 1. The lowest BCUT2D eigenvalue weighted by Crippen LogP contribution is -2.41. The Hall–Kier alpha value is -0.330. The number of rotatable bonds is 5. The van der Waals surface area contributed by atoms with Crippen LogP contribution in [0.25, 0.3) is 0 Å². The molecule has 0 saturated carbocycles. The summed E-state index contributed by atoms with van der Waals surface area (Å²) in [5.74, 6) is 0.354. The number of carbonyl (C=O) groups excluding carboxylic acids is 1. The van der Waals surface area contributed by atoms with E-state index in [4.69, 9.17) is 17.0 Å². The fraction of sp³-hybridized carbons (Fsp3) is 0.867. The van der Waals surface area contributed by atoms with E-state index in [2.05, 4.69) is 24.1 Å². The van der Waals surface area contributed by atoms with Gasteiger partial charge in [-0.2, -0.15) is 0 Å². The lowest BCUT2D eigenvalue weighted by molar-refractivity contribution is -0.121. The van der Waals surface area contributed by atoms with Gasteiger partial charge in [-0.05, 0) is 31.6 Å². The Morgan fingerprint density at radius 2 is 2.10 bits per heavy atom. The Labute approximate surface area is 137 Å². The van der Waals surface area contributed by atoms with Crippen LogP contribution in [0.4, 0.5) is 0 Å². The van der Waals surface area contributed by atoms with Crippen molar-refractivity contribution in [2.45, 2.75) is 50.9 Å². The van der Waals surface area contributed by atoms with Crippen molar-refractivity contribution < 1.29 is 9.53 Å². The molecular weight excluding hydrogens is 304 g/mol. The molecule has 6 heteroatoms. The summed E-state index contributed by atoms with van der Waals surface area (Å²) in [6.45, 7) is 7.68. The quantitative estimate of drug-likeness (QED) is 0.784. The van der Waals surface area contributed by atoms with E-state index in [1.807, 2.05) is 0 Å². The molecule has 0 aromatic carbocycles. The van der Waals surface area contributed by atoms with E-state index in [-0.39, 0.29) is 23.2 Å². The number of likely N-dealkylation sites (tertiary alicyclic amines) is 1. The van der Waals surface area contributed by atoms with Gasteiger partial charge in [0.15, 0.2) is 0 Å². The second kappa shape index (κ2) is 8.34. The van der Waals surface area contributed by atoms with Crippen molar-refractivity contribution in [2.75, 3.05) is 26.2 Å². The molecule has 0 aromatic heterocycles. The predicted octanol–water partition coefficient (Wildman–Crippen LogP) is 2.42. The minimum absolute atomic E-state index is 0.0899. The Morgan fingerprint density at radius 3 is 2.67 bits per heavy atom. The van der Waals surface area contributed by atoms with Gasteiger partial charge in [-0.25, -0.2) is 0 Å². The van der Waals surface area contributed by atoms with Crippen LogP contribution in [0.15, 0.2) is 0 Å². The van der Waals surface area contributed by atoms with Gasteiger partial charge in [0.2, 0.25) is 5.91 Å². The van der Waals surface area contributed by atoms with Gasteiger partial charge in [0.1, 0.15) is 4.32 Å². The summed E-state index contributed by atoms with van der Waals surface area (Å²) in [4.78, 5) is 14.7. The van der Waals surface area contributed by atoms with Crippen LogP contribution in [0.2, 0.25) is 0 Å². The molecule has 0 aromatic rings. The van der Waals surface area contributed by atoms with Gasteiger partial charge in [-0.3, -0.25) is 4.79 Å². The molecule has 2 unspecified atom stereocenters. The Balaban J connectivity index is 1.81. The van der Waals surface area contributed by atoms with Gasteiger partial charge < -0.3 is 15.0 Å². The Morgan fingerprint density at radius 1 is 1.38 bits per heavy atom. The summed E-state index contributed by atoms with van der Waals surface area (Å²) in [6.07, 6.45) is 4.75. The van der Waals surface area contributed by atoms with Crippen molar-refractivity contribution in [3.8, 4) is 0 Å². The first-order valence-electron chi connectivity index (χ1n) is 7.93. The van der Waals surface area contributed by atoms with Gasteiger partial charge in [0.25, 0.3) is 0 Å². The smallest absolute Gasteiger partial charge is 0.233 e. The minimum Gasteiger partial charge on any atom is -0.376 e. The minimum atomic E-state index is -0.112. The van der Waals surface area contributed by atoms with Crippen LogP contribution in [-0.4, -0.2) is 52.7 Å². The normalized spacial score (nSPS) is 23.6. The summed E-state index contributed by atoms with van der Waals surface area (Å²) in [7, 11) is 0. The van der Waals surface area contributed by atoms with Gasteiger partial charge in [-0.15, -0.1) is 0 Å². The number of nitrogens with zero attached hydrogens (tertiary/aromatic N) is 1. The lowest BCUT2D eigenvalue weighted by Gasteiger charge is -2.25. The van der Waals surface area contributed by atoms with Crippen LogP contribution >= 0.6 is 24.0 Å². The first-order valence-corrected chi connectivity index (χ1v) is 9.21. The molecule has 120 valence electrons. The highest BCUT2D eigenvalue weighted by molar-refractivity contribution is 8.23. The van der Waals surface area contributed by atoms with E-state index in [9.17, 15) is 4.79 Å². The second-order valence-corrected chi connectivity index (χ2v) is 7.90. The largest absolute Gasteiger partial charge is 0.376 e. The van der Waals surface area contributed by atoms with Crippen molar-refractivity contribution in [3.05, 3.63) is 0 Å². The molecule has 0 bridgehead atoms. The first kappa shape index (κ1) is 17.0. The first-order chi connectivity index (χ1) is 10.1. The Bertz CT molecular complexity index is 365. The monoisotopic (exact) mass is 330 g/mol. The van der Waals surface area contributed by atoms with Gasteiger partial charge in [0, 0.05) is 26.2 Å². The van der Waals surface area contributed by atoms with Gasteiger partial charge in [0.05, 0.1) is 11.4 Å². The van der Waals surface area contributed by atoms with E-state index in [1.165, 1.54) is 12.8 Å². The van der Waals surface area contributed by atoms with E-state index < -0.39 is 0 Å². The SMILES string of the molecule is CC(C)C(SC(=S)N1CCCC1)C(=O)NCC1CCCO1. The molecule has 2 aliphatic heterocycles. The Kier molecular flexibility index (Phi) is 6.76. The van der Waals surface area contributed by atoms with Crippen LogP contribution in [0.5, 0.6) is 0 Å². The summed E-state index contributed by atoms with van der Waals surface area (Å²) < 4.78 is 6.42. The molecule has 0 spiro atoms. The van der Waals surface area contributed by atoms with Crippen LogP contribution in [0, 0.1) is 5.92 Å². The molecule has 21 heavy (non-hydrogen) atoms.